The highest BCUT2D eigenvalue weighted by atomic mass is 16.5. The van der Waals surface area contributed by atoms with Crippen LogP contribution in [0, 0.1) is 23.7 Å². The summed E-state index contributed by atoms with van der Waals surface area (Å²) in [4.78, 5) is 72.7. The van der Waals surface area contributed by atoms with E-state index in [-0.39, 0.29) is 48.3 Å². The Morgan fingerprint density at radius 1 is 0.889 bits per heavy atom. The molecule has 8 atom stereocenters. The van der Waals surface area contributed by atoms with Crippen LogP contribution in [0.25, 0.3) is 0 Å². The number of rotatable bonds is 21. The summed E-state index contributed by atoms with van der Waals surface area (Å²) in [5, 5.41) is 15.6. The normalized spacial score (nSPS) is 17.8. The maximum Gasteiger partial charge on any atom is 0.326 e. The Balaban J connectivity index is 2.33. The Hall–Kier alpha value is -3.81. The van der Waals surface area contributed by atoms with E-state index in [1.807, 2.05) is 96.9 Å². The topological polar surface area (TPSA) is 158 Å². The van der Waals surface area contributed by atoms with Gasteiger partial charge in [-0.1, -0.05) is 91.3 Å². The number of ether oxygens (including phenoxy) is 2. The van der Waals surface area contributed by atoms with Gasteiger partial charge in [-0.15, -0.1) is 0 Å². The first-order valence-corrected chi connectivity index (χ1v) is 19.3. The van der Waals surface area contributed by atoms with Crippen LogP contribution in [0.1, 0.15) is 79.7 Å². The van der Waals surface area contributed by atoms with Gasteiger partial charge in [0.2, 0.25) is 23.6 Å². The lowest BCUT2D eigenvalue weighted by atomic mass is 9.89. The van der Waals surface area contributed by atoms with E-state index in [0.29, 0.717) is 31.5 Å². The molecule has 13 nitrogen and oxygen atoms in total. The van der Waals surface area contributed by atoms with Crippen molar-refractivity contribution < 1.29 is 38.6 Å². The first-order chi connectivity index (χ1) is 25.4. The molecular weight excluding hydrogens is 690 g/mol. The average molecular weight is 758 g/mol. The molecule has 0 spiro atoms. The number of methoxy groups -OCH3 is 2. The second-order valence-electron chi connectivity index (χ2n) is 15.5. The van der Waals surface area contributed by atoms with Crippen LogP contribution in [-0.2, 0) is 39.9 Å². The molecule has 0 aromatic heterocycles. The molecule has 3 N–H and O–H groups in total. The smallest absolute Gasteiger partial charge is 0.326 e. The van der Waals surface area contributed by atoms with E-state index in [4.69, 9.17) is 9.47 Å². The van der Waals surface area contributed by atoms with E-state index in [2.05, 4.69) is 10.6 Å². The van der Waals surface area contributed by atoms with E-state index in [1.165, 1.54) is 14.2 Å². The third-order valence-corrected chi connectivity index (χ3v) is 10.6. The van der Waals surface area contributed by atoms with Crippen LogP contribution in [0.3, 0.4) is 0 Å². The number of carboxylic acid groups (broad SMARTS) is 1. The fraction of sp³-hybridized carbons (Fsp3) is 0.683. The second-order valence-corrected chi connectivity index (χ2v) is 15.5. The maximum atomic E-state index is 14.3. The Labute approximate surface area is 323 Å². The molecule has 0 saturated heterocycles. The van der Waals surface area contributed by atoms with Crippen molar-refractivity contribution in [1.82, 2.24) is 25.3 Å². The fourth-order valence-electron chi connectivity index (χ4n) is 7.47. The van der Waals surface area contributed by atoms with Gasteiger partial charge in [0.25, 0.3) is 0 Å². The number of likely N-dealkylation sites (N-methyl/N-ethyl adjacent to an activating group) is 2. The standard InChI is InChI=1S/C41H67N5O8/c1-13-27(6)36(45(10)40(50)34(25(2)3)43-39(49)35(26(4)5)44(8)9)32(53-11)24-33(47)46-22-18-17-21-31(46)37(54-12)28(7)38(48)42-30(41(51)52)23-29-19-15-14-16-20-29/h14-16,19-21,25-28,30,32,34-37H,13,17-18,22-24H2,1-12H3,(H,42,48)(H,43,49)(H,51,52)/t27-,28+,30-,32+,34-,35?,36?,37+/m0/s1. The summed E-state index contributed by atoms with van der Waals surface area (Å²) in [5.41, 5.74) is 1.31. The number of hydrogen-bond donors (Lipinski definition) is 3. The van der Waals surface area contributed by atoms with Gasteiger partial charge in [-0.3, -0.25) is 24.1 Å². The van der Waals surface area contributed by atoms with Gasteiger partial charge < -0.3 is 35.0 Å². The number of aliphatic carboxylic acids is 1. The SMILES string of the molecule is CC[C@H](C)C([C@@H](CC(=O)N1CCCC=C1[C@H](OC)[C@@H](C)C(=O)N[C@@H](Cc1ccccc1)C(=O)O)OC)N(C)C(=O)[C@@H](NC(=O)C(C(C)C)N(C)C)C(C)C. The van der Waals surface area contributed by atoms with Crippen LogP contribution in [0.2, 0.25) is 0 Å². The van der Waals surface area contributed by atoms with Crippen molar-refractivity contribution in [2.45, 2.75) is 117 Å². The van der Waals surface area contributed by atoms with Crippen LogP contribution < -0.4 is 10.6 Å². The summed E-state index contributed by atoms with van der Waals surface area (Å²) in [6.07, 6.45) is 2.53. The molecule has 0 aliphatic carbocycles. The lowest BCUT2D eigenvalue weighted by molar-refractivity contribution is -0.146. The van der Waals surface area contributed by atoms with Crippen LogP contribution in [-0.4, -0.2) is 128 Å². The summed E-state index contributed by atoms with van der Waals surface area (Å²) >= 11 is 0. The van der Waals surface area contributed by atoms with Crippen molar-refractivity contribution in [2.75, 3.05) is 41.9 Å². The van der Waals surface area contributed by atoms with Gasteiger partial charge in [0, 0.05) is 39.9 Å². The minimum Gasteiger partial charge on any atom is -0.480 e. The number of nitrogens with zero attached hydrogens (tertiary/aromatic N) is 3. The Morgan fingerprint density at radius 3 is 2.02 bits per heavy atom. The molecule has 1 heterocycles. The third-order valence-electron chi connectivity index (χ3n) is 10.6. The van der Waals surface area contributed by atoms with E-state index in [1.54, 1.807) is 23.8 Å². The summed E-state index contributed by atoms with van der Waals surface area (Å²) in [6, 6.07) is 6.23. The fourth-order valence-corrected chi connectivity index (χ4v) is 7.47. The maximum absolute atomic E-state index is 14.3. The second kappa shape index (κ2) is 21.9. The first kappa shape index (κ1) is 46.3. The molecule has 13 heteroatoms. The number of benzene rings is 1. The number of hydrogen-bond acceptors (Lipinski definition) is 8. The number of carbonyl (C=O) groups is 5. The minimum absolute atomic E-state index is 0.0301. The van der Waals surface area contributed by atoms with Crippen molar-refractivity contribution in [3.05, 3.63) is 47.7 Å². The molecule has 1 aromatic rings. The van der Waals surface area contributed by atoms with Crippen LogP contribution in [0.4, 0.5) is 0 Å². The number of amides is 4. The van der Waals surface area contributed by atoms with Crippen molar-refractivity contribution in [1.29, 1.82) is 0 Å². The van der Waals surface area contributed by atoms with Gasteiger partial charge >= 0.3 is 5.97 Å². The van der Waals surface area contributed by atoms with Crippen LogP contribution in [0.15, 0.2) is 42.1 Å². The predicted octanol–water partition coefficient (Wildman–Crippen LogP) is 3.96. The van der Waals surface area contributed by atoms with Crippen molar-refractivity contribution in [3.8, 4) is 0 Å². The highest BCUT2D eigenvalue weighted by Gasteiger charge is 2.41. The molecule has 1 aliphatic heterocycles. The molecule has 2 rings (SSSR count). The zero-order valence-electron chi connectivity index (χ0n) is 34.6. The summed E-state index contributed by atoms with van der Waals surface area (Å²) in [6.45, 7) is 13.8. The molecule has 1 aliphatic rings. The van der Waals surface area contributed by atoms with Crippen molar-refractivity contribution >= 4 is 29.6 Å². The Bertz CT molecular complexity index is 1410. The van der Waals surface area contributed by atoms with Gasteiger partial charge in [-0.05, 0) is 50.3 Å². The van der Waals surface area contributed by atoms with Gasteiger partial charge in [0.1, 0.15) is 18.2 Å². The van der Waals surface area contributed by atoms with Crippen molar-refractivity contribution in [3.63, 3.8) is 0 Å². The zero-order valence-corrected chi connectivity index (χ0v) is 34.6. The molecule has 1 aromatic carbocycles. The molecule has 4 amide bonds. The Kier molecular flexibility index (Phi) is 18.8. The minimum atomic E-state index is -1.15. The highest BCUT2D eigenvalue weighted by molar-refractivity contribution is 5.90. The lowest BCUT2D eigenvalue weighted by Crippen LogP contribution is -2.59. The monoisotopic (exact) mass is 757 g/mol. The lowest BCUT2D eigenvalue weighted by Gasteiger charge is -2.41. The molecule has 2 unspecified atom stereocenters. The molecule has 54 heavy (non-hydrogen) atoms. The van der Waals surface area contributed by atoms with Gasteiger partial charge in [0.05, 0.1) is 30.5 Å². The zero-order chi connectivity index (χ0) is 40.9. The first-order valence-electron chi connectivity index (χ1n) is 19.3. The number of allylic oxidation sites excluding steroid dienone is 1. The van der Waals surface area contributed by atoms with Crippen LogP contribution >= 0.6 is 0 Å². The molecular formula is C41H67N5O8. The van der Waals surface area contributed by atoms with E-state index < -0.39 is 54.2 Å². The third kappa shape index (κ3) is 12.4. The quantitative estimate of drug-likeness (QED) is 0.169. The van der Waals surface area contributed by atoms with Gasteiger partial charge in [-0.25, -0.2) is 4.79 Å². The summed E-state index contributed by atoms with van der Waals surface area (Å²) in [5.74, 6) is -3.44. The number of carbonyl (C=O) groups excluding carboxylic acids is 4. The summed E-state index contributed by atoms with van der Waals surface area (Å²) < 4.78 is 11.9. The van der Waals surface area contributed by atoms with E-state index in [0.717, 1.165) is 5.56 Å². The predicted molar refractivity (Wildman–Crippen MR) is 209 cm³/mol. The summed E-state index contributed by atoms with van der Waals surface area (Å²) in [7, 11) is 8.39. The van der Waals surface area contributed by atoms with E-state index in [9.17, 15) is 29.1 Å². The van der Waals surface area contributed by atoms with Gasteiger partial charge in [0.15, 0.2) is 0 Å². The highest BCUT2D eigenvalue weighted by Crippen LogP contribution is 2.29. The average Bonchev–Trinajstić information content (AvgIpc) is 3.12. The largest absolute Gasteiger partial charge is 0.480 e. The number of nitrogens with one attached hydrogen (secondary N) is 2. The number of carboxylic acids is 1. The molecule has 0 fully saturated rings. The molecule has 0 saturated carbocycles. The molecule has 0 bridgehead atoms. The molecule has 304 valence electrons. The van der Waals surface area contributed by atoms with E-state index >= 15 is 0 Å². The van der Waals surface area contributed by atoms with Crippen molar-refractivity contribution in [2.24, 2.45) is 23.7 Å². The molecule has 0 radical (unpaired) electrons. The Morgan fingerprint density at radius 2 is 1.52 bits per heavy atom. The van der Waals surface area contributed by atoms with Crippen LogP contribution in [0.5, 0.6) is 0 Å². The van der Waals surface area contributed by atoms with Gasteiger partial charge in [-0.2, -0.15) is 0 Å².